The quantitative estimate of drug-likeness (QED) is 0.768. The van der Waals surface area contributed by atoms with E-state index in [2.05, 4.69) is 35.8 Å². The third-order valence-corrected chi connectivity index (χ3v) is 5.01. The number of hydrogen-bond donors (Lipinski definition) is 0. The number of piperidine rings is 1. The van der Waals surface area contributed by atoms with Gasteiger partial charge in [-0.3, -0.25) is 4.79 Å². The SMILES string of the molecule is Cc1ccccc1CC(=O)N1CCC(C)C(Br)C1. The van der Waals surface area contributed by atoms with Crippen molar-refractivity contribution < 1.29 is 4.79 Å². The third-order valence-electron chi connectivity index (χ3n) is 3.82. The molecule has 0 aliphatic carbocycles. The molecule has 1 aliphatic heterocycles. The minimum atomic E-state index is 0.251. The second-order valence-corrected chi connectivity index (χ2v) is 6.40. The Morgan fingerprint density at radius 2 is 2.17 bits per heavy atom. The predicted molar refractivity (Wildman–Crippen MR) is 78.0 cm³/mol. The number of aryl methyl sites for hydroxylation is 1. The Morgan fingerprint density at radius 3 is 2.83 bits per heavy atom. The van der Waals surface area contributed by atoms with E-state index in [1.807, 2.05) is 23.1 Å². The van der Waals surface area contributed by atoms with Gasteiger partial charge in [-0.05, 0) is 30.4 Å². The summed E-state index contributed by atoms with van der Waals surface area (Å²) in [6.07, 6.45) is 1.62. The second kappa shape index (κ2) is 5.87. The summed E-state index contributed by atoms with van der Waals surface area (Å²) < 4.78 is 0. The lowest BCUT2D eigenvalue weighted by Crippen LogP contribution is -2.44. The van der Waals surface area contributed by atoms with Crippen LogP contribution in [0.5, 0.6) is 0 Å². The highest BCUT2D eigenvalue weighted by atomic mass is 79.9. The van der Waals surface area contributed by atoms with Gasteiger partial charge in [-0.2, -0.15) is 0 Å². The monoisotopic (exact) mass is 309 g/mol. The standard InChI is InChI=1S/C15H20BrNO/c1-11-5-3-4-6-13(11)9-15(18)17-8-7-12(2)14(16)10-17/h3-6,12,14H,7-10H2,1-2H3. The summed E-state index contributed by atoms with van der Waals surface area (Å²) in [6, 6.07) is 8.13. The van der Waals surface area contributed by atoms with Gasteiger partial charge in [-0.15, -0.1) is 0 Å². The van der Waals surface area contributed by atoms with Gasteiger partial charge in [0.2, 0.25) is 5.91 Å². The van der Waals surface area contributed by atoms with E-state index < -0.39 is 0 Å². The van der Waals surface area contributed by atoms with Crippen molar-refractivity contribution in [1.29, 1.82) is 0 Å². The van der Waals surface area contributed by atoms with Gasteiger partial charge in [-0.25, -0.2) is 0 Å². The van der Waals surface area contributed by atoms with Crippen LogP contribution >= 0.6 is 15.9 Å². The Hall–Kier alpha value is -0.830. The van der Waals surface area contributed by atoms with Gasteiger partial charge in [0.25, 0.3) is 0 Å². The molecule has 1 aromatic rings. The Balaban J connectivity index is 1.99. The molecule has 0 N–H and O–H groups in total. The molecule has 0 bridgehead atoms. The molecule has 2 atom stereocenters. The molecule has 1 heterocycles. The number of alkyl halides is 1. The van der Waals surface area contributed by atoms with Crippen LogP contribution in [0.1, 0.15) is 24.5 Å². The van der Waals surface area contributed by atoms with Crippen LogP contribution in [-0.4, -0.2) is 28.7 Å². The highest BCUT2D eigenvalue weighted by Crippen LogP contribution is 2.24. The fourth-order valence-corrected chi connectivity index (χ4v) is 2.95. The van der Waals surface area contributed by atoms with E-state index in [-0.39, 0.29) is 5.91 Å². The Bertz CT molecular complexity index is 432. The average molecular weight is 310 g/mol. The van der Waals surface area contributed by atoms with E-state index in [0.29, 0.717) is 17.2 Å². The number of likely N-dealkylation sites (tertiary alicyclic amines) is 1. The molecule has 1 aliphatic rings. The molecule has 0 radical (unpaired) electrons. The highest BCUT2D eigenvalue weighted by Gasteiger charge is 2.26. The number of rotatable bonds is 2. The maximum absolute atomic E-state index is 12.3. The van der Waals surface area contributed by atoms with Crippen molar-refractivity contribution in [3.8, 4) is 0 Å². The van der Waals surface area contributed by atoms with Crippen LogP contribution in [0.2, 0.25) is 0 Å². The molecule has 0 aromatic heterocycles. The molecule has 1 saturated heterocycles. The highest BCUT2D eigenvalue weighted by molar-refractivity contribution is 9.09. The number of nitrogens with zero attached hydrogens (tertiary/aromatic N) is 1. The van der Waals surface area contributed by atoms with Crippen molar-refractivity contribution in [3.63, 3.8) is 0 Å². The third kappa shape index (κ3) is 3.14. The first-order chi connectivity index (χ1) is 8.58. The van der Waals surface area contributed by atoms with Gasteiger partial charge in [0.05, 0.1) is 6.42 Å². The fraction of sp³-hybridized carbons (Fsp3) is 0.533. The topological polar surface area (TPSA) is 20.3 Å². The smallest absolute Gasteiger partial charge is 0.227 e. The van der Waals surface area contributed by atoms with Crippen molar-refractivity contribution in [1.82, 2.24) is 4.90 Å². The van der Waals surface area contributed by atoms with Crippen molar-refractivity contribution in [2.45, 2.75) is 31.5 Å². The number of hydrogen-bond acceptors (Lipinski definition) is 1. The summed E-state index contributed by atoms with van der Waals surface area (Å²) in [5.41, 5.74) is 2.35. The molecule has 2 rings (SSSR count). The normalized spacial score (nSPS) is 24.1. The average Bonchev–Trinajstić information content (AvgIpc) is 2.35. The van der Waals surface area contributed by atoms with Crippen LogP contribution in [0.3, 0.4) is 0 Å². The molecule has 1 amide bonds. The van der Waals surface area contributed by atoms with Gasteiger partial charge in [-0.1, -0.05) is 47.1 Å². The number of carbonyl (C=O) groups is 1. The van der Waals surface area contributed by atoms with Gasteiger partial charge in [0.15, 0.2) is 0 Å². The molecular formula is C15H20BrNO. The zero-order valence-electron chi connectivity index (χ0n) is 11.0. The van der Waals surface area contributed by atoms with Crippen LogP contribution < -0.4 is 0 Å². The molecule has 2 nitrogen and oxygen atoms in total. The van der Waals surface area contributed by atoms with E-state index in [4.69, 9.17) is 0 Å². The van der Waals surface area contributed by atoms with E-state index >= 15 is 0 Å². The summed E-state index contributed by atoms with van der Waals surface area (Å²) in [7, 11) is 0. The minimum Gasteiger partial charge on any atom is -0.341 e. The molecule has 1 fully saturated rings. The fourth-order valence-electron chi connectivity index (χ4n) is 2.33. The molecule has 3 heteroatoms. The first-order valence-electron chi connectivity index (χ1n) is 6.54. The lowest BCUT2D eigenvalue weighted by Gasteiger charge is -2.34. The predicted octanol–water partition coefficient (Wildman–Crippen LogP) is 3.17. The van der Waals surface area contributed by atoms with Crippen LogP contribution in [0, 0.1) is 12.8 Å². The van der Waals surface area contributed by atoms with Crippen molar-refractivity contribution in [2.75, 3.05) is 13.1 Å². The van der Waals surface area contributed by atoms with E-state index in [9.17, 15) is 4.79 Å². The van der Waals surface area contributed by atoms with Crippen LogP contribution in [0.25, 0.3) is 0 Å². The lowest BCUT2D eigenvalue weighted by molar-refractivity contribution is -0.131. The Morgan fingerprint density at radius 1 is 1.44 bits per heavy atom. The van der Waals surface area contributed by atoms with E-state index in [1.54, 1.807) is 0 Å². The first kappa shape index (κ1) is 13.6. The molecule has 98 valence electrons. The van der Waals surface area contributed by atoms with Crippen LogP contribution in [0.4, 0.5) is 0 Å². The van der Waals surface area contributed by atoms with Gasteiger partial charge < -0.3 is 4.90 Å². The zero-order chi connectivity index (χ0) is 13.1. The first-order valence-corrected chi connectivity index (χ1v) is 7.46. The number of benzene rings is 1. The number of halogens is 1. The lowest BCUT2D eigenvalue weighted by atomic mass is 9.98. The number of amides is 1. The largest absolute Gasteiger partial charge is 0.341 e. The summed E-state index contributed by atoms with van der Waals surface area (Å²) in [5.74, 6) is 0.910. The van der Waals surface area contributed by atoms with E-state index in [1.165, 1.54) is 5.56 Å². The number of carbonyl (C=O) groups excluding carboxylic acids is 1. The molecule has 0 saturated carbocycles. The van der Waals surface area contributed by atoms with Crippen LogP contribution in [0.15, 0.2) is 24.3 Å². The Kier molecular flexibility index (Phi) is 4.44. The summed E-state index contributed by atoms with van der Waals surface area (Å²) in [4.78, 5) is 14.7. The van der Waals surface area contributed by atoms with Gasteiger partial charge >= 0.3 is 0 Å². The van der Waals surface area contributed by atoms with Crippen molar-refractivity contribution in [2.24, 2.45) is 5.92 Å². The maximum atomic E-state index is 12.3. The van der Waals surface area contributed by atoms with Gasteiger partial charge in [0, 0.05) is 17.9 Å². The minimum absolute atomic E-state index is 0.251. The summed E-state index contributed by atoms with van der Waals surface area (Å²) in [6.45, 7) is 6.04. The zero-order valence-corrected chi connectivity index (χ0v) is 12.6. The van der Waals surface area contributed by atoms with Crippen molar-refractivity contribution >= 4 is 21.8 Å². The molecule has 1 aromatic carbocycles. The van der Waals surface area contributed by atoms with Gasteiger partial charge in [0.1, 0.15) is 0 Å². The molecule has 0 spiro atoms. The Labute approximate surface area is 117 Å². The van der Waals surface area contributed by atoms with Crippen LogP contribution in [-0.2, 0) is 11.2 Å². The molecule has 2 unspecified atom stereocenters. The molecule has 18 heavy (non-hydrogen) atoms. The second-order valence-electron chi connectivity index (χ2n) is 5.22. The summed E-state index contributed by atoms with van der Waals surface area (Å²) in [5, 5.41) is 0. The maximum Gasteiger partial charge on any atom is 0.227 e. The van der Waals surface area contributed by atoms with E-state index in [0.717, 1.165) is 25.1 Å². The molecular weight excluding hydrogens is 290 g/mol. The summed E-state index contributed by atoms with van der Waals surface area (Å²) >= 11 is 3.67. The van der Waals surface area contributed by atoms with Crippen molar-refractivity contribution in [3.05, 3.63) is 35.4 Å².